The SMILES string of the molecule is Cc1ccc(N(C)CCO)cc1S(C)(=O)=O. The van der Waals surface area contributed by atoms with Crippen molar-refractivity contribution in [3.05, 3.63) is 23.8 Å². The van der Waals surface area contributed by atoms with Crippen LogP contribution in [0.25, 0.3) is 0 Å². The van der Waals surface area contributed by atoms with E-state index >= 15 is 0 Å². The van der Waals surface area contributed by atoms with Crippen LogP contribution in [0.2, 0.25) is 0 Å². The summed E-state index contributed by atoms with van der Waals surface area (Å²) in [5, 5.41) is 8.82. The summed E-state index contributed by atoms with van der Waals surface area (Å²) in [6.07, 6.45) is 1.20. The second-order valence-electron chi connectivity index (χ2n) is 3.87. The van der Waals surface area contributed by atoms with E-state index in [-0.39, 0.29) is 6.61 Å². The normalized spacial score (nSPS) is 11.5. The minimum atomic E-state index is -3.19. The van der Waals surface area contributed by atoms with Crippen molar-refractivity contribution in [3.63, 3.8) is 0 Å². The van der Waals surface area contributed by atoms with Crippen molar-refractivity contribution >= 4 is 15.5 Å². The first kappa shape index (κ1) is 13.0. The number of hydrogen-bond donors (Lipinski definition) is 1. The molecule has 90 valence electrons. The van der Waals surface area contributed by atoms with Crippen LogP contribution in [0.5, 0.6) is 0 Å². The molecule has 1 N–H and O–H groups in total. The summed E-state index contributed by atoms with van der Waals surface area (Å²) >= 11 is 0. The molecule has 0 saturated heterocycles. The Morgan fingerprint density at radius 3 is 2.50 bits per heavy atom. The molecule has 1 rings (SSSR count). The highest BCUT2D eigenvalue weighted by Crippen LogP contribution is 2.22. The molecule has 0 saturated carbocycles. The smallest absolute Gasteiger partial charge is 0.175 e. The number of hydrogen-bond acceptors (Lipinski definition) is 4. The van der Waals surface area contributed by atoms with Gasteiger partial charge in [-0.3, -0.25) is 0 Å². The Morgan fingerprint density at radius 2 is 2.00 bits per heavy atom. The molecule has 0 heterocycles. The topological polar surface area (TPSA) is 57.6 Å². The van der Waals surface area contributed by atoms with Gasteiger partial charge in [0, 0.05) is 25.5 Å². The van der Waals surface area contributed by atoms with Crippen LogP contribution >= 0.6 is 0 Å². The van der Waals surface area contributed by atoms with E-state index in [1.165, 1.54) is 6.26 Å². The van der Waals surface area contributed by atoms with Crippen molar-refractivity contribution in [2.45, 2.75) is 11.8 Å². The van der Waals surface area contributed by atoms with Gasteiger partial charge in [0.1, 0.15) is 0 Å². The van der Waals surface area contributed by atoms with Crippen LogP contribution in [0.3, 0.4) is 0 Å². The predicted octanol–water partition coefficient (Wildman–Crippen LogP) is 0.827. The summed E-state index contributed by atoms with van der Waals surface area (Å²) < 4.78 is 23.0. The zero-order chi connectivity index (χ0) is 12.3. The first-order valence-corrected chi connectivity index (χ1v) is 6.88. The van der Waals surface area contributed by atoms with E-state index < -0.39 is 9.84 Å². The highest BCUT2D eigenvalue weighted by molar-refractivity contribution is 7.90. The first-order chi connectivity index (χ1) is 7.36. The van der Waals surface area contributed by atoms with Gasteiger partial charge in [-0.2, -0.15) is 0 Å². The minimum Gasteiger partial charge on any atom is -0.395 e. The molecule has 0 radical (unpaired) electrons. The van der Waals surface area contributed by atoms with Crippen LogP contribution in [-0.4, -0.2) is 40.0 Å². The lowest BCUT2D eigenvalue weighted by atomic mass is 10.2. The minimum absolute atomic E-state index is 0.0403. The molecule has 5 heteroatoms. The number of nitrogens with zero attached hydrogens (tertiary/aromatic N) is 1. The number of rotatable bonds is 4. The van der Waals surface area contributed by atoms with Gasteiger partial charge in [-0.1, -0.05) is 6.07 Å². The third-order valence-corrected chi connectivity index (χ3v) is 3.69. The largest absolute Gasteiger partial charge is 0.395 e. The van der Waals surface area contributed by atoms with E-state index in [0.29, 0.717) is 11.4 Å². The van der Waals surface area contributed by atoms with Crippen molar-refractivity contribution in [1.82, 2.24) is 0 Å². The summed E-state index contributed by atoms with van der Waals surface area (Å²) in [4.78, 5) is 2.16. The number of aliphatic hydroxyl groups is 1. The Labute approximate surface area is 96.4 Å². The molecule has 1 aromatic rings. The van der Waals surface area contributed by atoms with E-state index in [4.69, 9.17) is 5.11 Å². The molecule has 0 aliphatic carbocycles. The molecule has 0 aliphatic heterocycles. The molecule has 0 amide bonds. The van der Waals surface area contributed by atoms with Gasteiger partial charge in [0.05, 0.1) is 11.5 Å². The maximum atomic E-state index is 11.5. The second kappa shape index (κ2) is 4.84. The van der Waals surface area contributed by atoms with Gasteiger partial charge in [-0.25, -0.2) is 8.42 Å². The first-order valence-electron chi connectivity index (χ1n) is 4.99. The van der Waals surface area contributed by atoms with Crippen molar-refractivity contribution in [2.24, 2.45) is 0 Å². The fourth-order valence-electron chi connectivity index (χ4n) is 1.50. The molecule has 1 aromatic carbocycles. The maximum Gasteiger partial charge on any atom is 0.175 e. The zero-order valence-electron chi connectivity index (χ0n) is 9.77. The van der Waals surface area contributed by atoms with Crippen LogP contribution in [0, 0.1) is 6.92 Å². The molecule has 0 atom stereocenters. The molecule has 0 fully saturated rings. The summed E-state index contributed by atoms with van der Waals surface area (Å²) in [5.74, 6) is 0. The lowest BCUT2D eigenvalue weighted by molar-refractivity contribution is 0.304. The molecule has 0 bridgehead atoms. The van der Waals surface area contributed by atoms with Crippen LogP contribution in [0.1, 0.15) is 5.56 Å². The number of likely N-dealkylation sites (N-methyl/N-ethyl adjacent to an activating group) is 1. The van der Waals surface area contributed by atoms with Gasteiger partial charge in [0.2, 0.25) is 0 Å². The van der Waals surface area contributed by atoms with E-state index in [1.54, 1.807) is 19.1 Å². The summed E-state index contributed by atoms with van der Waals surface area (Å²) in [7, 11) is -1.38. The number of sulfone groups is 1. The Kier molecular flexibility index (Phi) is 3.93. The van der Waals surface area contributed by atoms with Gasteiger partial charge in [0.15, 0.2) is 9.84 Å². The van der Waals surface area contributed by atoms with Crippen LogP contribution in [-0.2, 0) is 9.84 Å². The fraction of sp³-hybridized carbons (Fsp3) is 0.455. The molecular formula is C11H17NO3S. The molecule has 4 nitrogen and oxygen atoms in total. The van der Waals surface area contributed by atoms with E-state index in [1.807, 2.05) is 18.0 Å². The summed E-state index contributed by atoms with van der Waals surface area (Å²) in [5.41, 5.74) is 1.53. The molecule has 0 aromatic heterocycles. The highest BCUT2D eigenvalue weighted by Gasteiger charge is 2.12. The highest BCUT2D eigenvalue weighted by atomic mass is 32.2. The van der Waals surface area contributed by atoms with Crippen molar-refractivity contribution < 1.29 is 13.5 Å². The molecular weight excluding hydrogens is 226 g/mol. The van der Waals surface area contributed by atoms with E-state index in [2.05, 4.69) is 0 Å². The number of aliphatic hydroxyl groups excluding tert-OH is 1. The van der Waals surface area contributed by atoms with Gasteiger partial charge in [-0.05, 0) is 24.6 Å². The number of benzene rings is 1. The van der Waals surface area contributed by atoms with E-state index in [0.717, 1.165) is 11.3 Å². The van der Waals surface area contributed by atoms with Crippen molar-refractivity contribution in [1.29, 1.82) is 0 Å². The Morgan fingerprint density at radius 1 is 1.38 bits per heavy atom. The quantitative estimate of drug-likeness (QED) is 0.851. The Hall–Kier alpha value is -1.07. The molecule has 16 heavy (non-hydrogen) atoms. The average molecular weight is 243 g/mol. The van der Waals surface area contributed by atoms with Gasteiger partial charge < -0.3 is 10.0 Å². The van der Waals surface area contributed by atoms with Crippen LogP contribution in [0.4, 0.5) is 5.69 Å². The number of aryl methyl sites for hydroxylation is 1. The van der Waals surface area contributed by atoms with Crippen LogP contribution < -0.4 is 4.90 Å². The van der Waals surface area contributed by atoms with Gasteiger partial charge in [0.25, 0.3) is 0 Å². The van der Waals surface area contributed by atoms with Gasteiger partial charge in [-0.15, -0.1) is 0 Å². The van der Waals surface area contributed by atoms with Gasteiger partial charge >= 0.3 is 0 Å². The lowest BCUT2D eigenvalue weighted by Crippen LogP contribution is -2.21. The molecule has 0 spiro atoms. The van der Waals surface area contributed by atoms with Crippen LogP contribution in [0.15, 0.2) is 23.1 Å². The molecule has 0 aliphatic rings. The maximum absolute atomic E-state index is 11.5. The molecule has 0 unspecified atom stereocenters. The Balaban J connectivity index is 3.18. The summed E-state index contributed by atoms with van der Waals surface area (Å²) in [6, 6.07) is 5.26. The number of anilines is 1. The van der Waals surface area contributed by atoms with Crippen molar-refractivity contribution in [2.75, 3.05) is 31.4 Å². The third-order valence-electron chi connectivity index (χ3n) is 2.45. The summed E-state index contributed by atoms with van der Waals surface area (Å²) in [6.45, 7) is 2.29. The third kappa shape index (κ3) is 2.96. The fourth-order valence-corrected chi connectivity index (χ4v) is 2.49. The average Bonchev–Trinajstić information content (AvgIpc) is 2.16. The second-order valence-corrected chi connectivity index (χ2v) is 5.85. The Bertz CT molecular complexity index is 468. The van der Waals surface area contributed by atoms with Crippen molar-refractivity contribution in [3.8, 4) is 0 Å². The monoisotopic (exact) mass is 243 g/mol. The van der Waals surface area contributed by atoms with E-state index in [9.17, 15) is 8.42 Å². The predicted molar refractivity (Wildman–Crippen MR) is 64.6 cm³/mol. The standard InChI is InChI=1S/C11H17NO3S/c1-9-4-5-10(12(2)6-7-13)8-11(9)16(3,14)15/h4-5,8,13H,6-7H2,1-3H3. The lowest BCUT2D eigenvalue weighted by Gasteiger charge is -2.19. The zero-order valence-corrected chi connectivity index (χ0v) is 10.6.